The van der Waals surface area contributed by atoms with Crippen LogP contribution in [0.15, 0.2) is 72.8 Å². The molecule has 0 spiro atoms. The topological polar surface area (TPSA) is 69.6 Å². The van der Waals surface area contributed by atoms with Crippen LogP contribution in [0.3, 0.4) is 0 Å². The van der Waals surface area contributed by atoms with Gasteiger partial charge in [-0.1, -0.05) is 37.6 Å². The molecule has 0 fully saturated rings. The summed E-state index contributed by atoms with van der Waals surface area (Å²) in [6.45, 7) is 5.60. The lowest BCUT2D eigenvalue weighted by atomic mass is 10.0. The van der Waals surface area contributed by atoms with Crippen LogP contribution < -0.4 is 9.80 Å². The van der Waals surface area contributed by atoms with Gasteiger partial charge in [0.1, 0.15) is 29.4 Å². The molecule has 4 rings (SSSR count). The molecular weight excluding hydrogens is 436 g/mol. The Balaban J connectivity index is 1.61. The number of rotatable bonds is 8. The van der Waals surface area contributed by atoms with Crippen molar-refractivity contribution in [3.8, 4) is 11.5 Å². The summed E-state index contributed by atoms with van der Waals surface area (Å²) in [7, 11) is 2.18. The zero-order valence-electron chi connectivity index (χ0n) is 20.6. The Morgan fingerprint density at radius 2 is 1.66 bits per heavy atom. The molecule has 3 aromatic rings. The van der Waals surface area contributed by atoms with Crippen molar-refractivity contribution in [1.82, 2.24) is 9.80 Å². The van der Waals surface area contributed by atoms with Gasteiger partial charge in [-0.25, -0.2) is 0 Å². The van der Waals surface area contributed by atoms with Crippen LogP contribution in [0, 0.1) is 0 Å². The molecule has 1 atom stereocenters. The van der Waals surface area contributed by atoms with Crippen LogP contribution in [-0.4, -0.2) is 29.7 Å². The fourth-order valence-electron chi connectivity index (χ4n) is 4.88. The Kier molecular flexibility index (Phi) is 7.08. The molecule has 1 unspecified atom stereocenters. The number of nitrogens with zero attached hydrogens (tertiary/aromatic N) is 1. The van der Waals surface area contributed by atoms with E-state index in [0.717, 1.165) is 52.1 Å². The van der Waals surface area contributed by atoms with E-state index in [4.69, 9.17) is 0 Å². The van der Waals surface area contributed by atoms with Crippen molar-refractivity contribution < 1.29 is 15.0 Å². The van der Waals surface area contributed by atoms with Crippen LogP contribution in [0.25, 0.3) is 17.3 Å². The summed E-state index contributed by atoms with van der Waals surface area (Å²) in [4.78, 5) is 12.0. The van der Waals surface area contributed by atoms with Gasteiger partial charge in [0, 0.05) is 41.0 Å². The lowest BCUT2D eigenvalue weighted by Crippen LogP contribution is -2.40. The molecule has 1 heterocycles. The second-order valence-electron chi connectivity index (χ2n) is 9.29. The van der Waals surface area contributed by atoms with E-state index in [-0.39, 0.29) is 17.4 Å². The first-order valence-electron chi connectivity index (χ1n) is 12.1. The Hall–Kier alpha value is -3.83. The molecule has 35 heavy (non-hydrogen) atoms. The zero-order chi connectivity index (χ0) is 25.0. The Morgan fingerprint density at radius 1 is 0.971 bits per heavy atom. The number of allylic oxidation sites excluding steroid dienone is 1. The normalized spacial score (nSPS) is 17.1. The molecule has 0 bridgehead atoms. The van der Waals surface area contributed by atoms with Crippen molar-refractivity contribution in [1.29, 1.82) is 0 Å². The molecule has 3 N–H and O–H groups in total. The third kappa shape index (κ3) is 5.15. The minimum atomic E-state index is -0.0725. The molecule has 1 aliphatic rings. The standard InChI is InChI=1S/C30H32N2O3/c1-4-5-18-31-29(35)17-10-22-6-8-23(9-7-22)20-32(3)28-16-15-26(34)19-27(28)21(2)30(32)24-11-13-25(33)14-12-24/h6-17,19H,4-5,18,20H2,1-3H3,(H2-,31,33,34,35)/p+1/b17-10+. The summed E-state index contributed by atoms with van der Waals surface area (Å²) < 4.78 is 0.543. The number of quaternary nitrogens is 1. The number of carbonyl (C=O) groups is 1. The Morgan fingerprint density at radius 3 is 2.34 bits per heavy atom. The predicted molar refractivity (Wildman–Crippen MR) is 144 cm³/mol. The monoisotopic (exact) mass is 469 g/mol. The van der Waals surface area contributed by atoms with Crippen molar-refractivity contribution in [3.63, 3.8) is 0 Å². The van der Waals surface area contributed by atoms with Crippen LogP contribution >= 0.6 is 0 Å². The number of nitrogens with one attached hydrogen (secondary N) is 1. The number of fused-ring (bicyclic) bond motifs is 1. The summed E-state index contributed by atoms with van der Waals surface area (Å²) in [5.41, 5.74) is 7.56. The van der Waals surface area contributed by atoms with Crippen molar-refractivity contribution in [2.24, 2.45) is 0 Å². The molecule has 3 aromatic carbocycles. The molecule has 0 radical (unpaired) electrons. The summed E-state index contributed by atoms with van der Waals surface area (Å²) in [5.74, 6) is 0.408. The largest absolute Gasteiger partial charge is 0.508 e. The predicted octanol–water partition coefficient (Wildman–Crippen LogP) is 6.07. The van der Waals surface area contributed by atoms with Gasteiger partial charge >= 0.3 is 0 Å². The molecule has 180 valence electrons. The summed E-state index contributed by atoms with van der Waals surface area (Å²) in [6.07, 6.45) is 5.45. The van der Waals surface area contributed by atoms with Crippen molar-refractivity contribution in [2.75, 3.05) is 13.6 Å². The van der Waals surface area contributed by atoms with Gasteiger partial charge in [0.15, 0.2) is 0 Å². The maximum atomic E-state index is 12.0. The van der Waals surface area contributed by atoms with E-state index in [9.17, 15) is 15.0 Å². The highest BCUT2D eigenvalue weighted by molar-refractivity contribution is 6.02. The number of unbranched alkanes of at least 4 members (excludes halogenated alkanes) is 1. The highest BCUT2D eigenvalue weighted by Crippen LogP contribution is 2.50. The van der Waals surface area contributed by atoms with E-state index < -0.39 is 0 Å². The summed E-state index contributed by atoms with van der Waals surface area (Å²) in [5, 5.41) is 22.9. The van der Waals surface area contributed by atoms with Crippen LogP contribution in [0.1, 0.15) is 48.9 Å². The van der Waals surface area contributed by atoms with E-state index in [1.54, 1.807) is 24.3 Å². The maximum Gasteiger partial charge on any atom is 0.243 e. The third-order valence-electron chi connectivity index (χ3n) is 6.64. The van der Waals surface area contributed by atoms with E-state index in [2.05, 4.69) is 38.3 Å². The first-order chi connectivity index (χ1) is 16.8. The quantitative estimate of drug-likeness (QED) is 0.213. The van der Waals surface area contributed by atoms with Crippen molar-refractivity contribution in [3.05, 3.63) is 95.1 Å². The van der Waals surface area contributed by atoms with E-state index in [1.165, 1.54) is 0 Å². The third-order valence-corrected chi connectivity index (χ3v) is 6.64. The van der Waals surface area contributed by atoms with Crippen molar-refractivity contribution in [2.45, 2.75) is 33.2 Å². The van der Waals surface area contributed by atoms with Gasteiger partial charge in [0.25, 0.3) is 0 Å². The first kappa shape index (κ1) is 24.3. The van der Waals surface area contributed by atoms with Crippen LogP contribution in [0.5, 0.6) is 11.5 Å². The SMILES string of the molecule is CCCCNC(=O)/C=C/c1ccc(C[N+]2(C)C(c3ccc(O)cc3)=C(C)c3cc(O)ccc32)cc1. The van der Waals surface area contributed by atoms with E-state index in [0.29, 0.717) is 17.6 Å². The number of hydrogen-bond donors (Lipinski definition) is 3. The first-order valence-corrected chi connectivity index (χ1v) is 12.1. The minimum Gasteiger partial charge on any atom is -0.508 e. The molecule has 5 nitrogen and oxygen atoms in total. The van der Waals surface area contributed by atoms with Gasteiger partial charge in [-0.2, -0.15) is 0 Å². The van der Waals surface area contributed by atoms with Crippen molar-refractivity contribution >= 4 is 28.9 Å². The number of benzene rings is 3. The van der Waals surface area contributed by atoms with Gasteiger partial charge in [-0.15, -0.1) is 0 Å². The van der Waals surface area contributed by atoms with Gasteiger partial charge in [0.2, 0.25) is 5.91 Å². The van der Waals surface area contributed by atoms with Gasteiger partial charge in [-0.05, 0) is 61.4 Å². The second-order valence-corrected chi connectivity index (χ2v) is 9.29. The molecule has 0 aliphatic carbocycles. The molecule has 1 amide bonds. The number of amides is 1. The maximum absolute atomic E-state index is 12.0. The zero-order valence-corrected chi connectivity index (χ0v) is 20.6. The molecular formula is C30H33N2O3+. The molecule has 0 saturated carbocycles. The minimum absolute atomic E-state index is 0.0725. The Labute approximate surface area is 207 Å². The highest BCUT2D eigenvalue weighted by atomic mass is 16.3. The number of carbonyl (C=O) groups excluding carboxylic acids is 1. The lowest BCUT2D eigenvalue weighted by molar-refractivity contribution is -0.116. The fraction of sp³-hybridized carbons (Fsp3) is 0.233. The van der Waals surface area contributed by atoms with Gasteiger partial charge in [0.05, 0.1) is 7.05 Å². The lowest BCUT2D eigenvalue weighted by Gasteiger charge is -2.33. The molecule has 1 aliphatic heterocycles. The van der Waals surface area contributed by atoms with E-state index in [1.807, 2.05) is 42.5 Å². The number of phenols is 2. The number of phenolic OH excluding ortho intramolecular Hbond substituents is 2. The summed E-state index contributed by atoms with van der Waals surface area (Å²) in [6, 6.07) is 21.1. The van der Waals surface area contributed by atoms with Gasteiger partial charge < -0.3 is 15.5 Å². The van der Waals surface area contributed by atoms with Gasteiger partial charge in [-0.3, -0.25) is 9.28 Å². The second kappa shape index (κ2) is 10.2. The highest BCUT2D eigenvalue weighted by Gasteiger charge is 2.42. The molecule has 0 saturated heterocycles. The van der Waals surface area contributed by atoms with E-state index >= 15 is 0 Å². The Bertz CT molecular complexity index is 1270. The van der Waals surface area contributed by atoms with Crippen LogP contribution in [0.4, 0.5) is 5.69 Å². The average molecular weight is 470 g/mol. The number of aromatic hydroxyl groups is 2. The molecule has 0 aromatic heterocycles. The summed E-state index contributed by atoms with van der Waals surface area (Å²) >= 11 is 0. The fourth-order valence-corrected chi connectivity index (χ4v) is 4.88. The van der Waals surface area contributed by atoms with Crippen LogP contribution in [0.2, 0.25) is 0 Å². The molecule has 5 heteroatoms. The van der Waals surface area contributed by atoms with Crippen LogP contribution in [-0.2, 0) is 11.3 Å². The average Bonchev–Trinajstić information content (AvgIpc) is 3.05. The number of hydrogen-bond acceptors (Lipinski definition) is 3. The smallest absolute Gasteiger partial charge is 0.243 e.